The first-order valence-corrected chi connectivity index (χ1v) is 8.41. The number of nitrogens with one attached hydrogen (secondary N) is 1. The smallest absolute Gasteiger partial charge is 0.0449 e. The number of rotatable bonds is 5. The number of hydrogen-bond acceptors (Lipinski definition) is 1. The van der Waals surface area contributed by atoms with Crippen molar-refractivity contribution in [2.45, 2.75) is 12.3 Å². The average Bonchev–Trinajstić information content (AvgIpc) is 2.42. The fourth-order valence-electron chi connectivity index (χ4n) is 2.30. The summed E-state index contributed by atoms with van der Waals surface area (Å²) in [5.41, 5.74) is 2.48. The molecule has 0 heterocycles. The van der Waals surface area contributed by atoms with Gasteiger partial charge in [0.1, 0.15) is 0 Å². The van der Waals surface area contributed by atoms with Crippen molar-refractivity contribution in [2.24, 2.45) is 0 Å². The number of hydrogen-bond donors (Lipinski definition) is 1. The van der Waals surface area contributed by atoms with Crippen LogP contribution in [0.2, 0.25) is 5.02 Å². The Hall–Kier alpha value is -0.350. The molecule has 0 saturated carbocycles. The Morgan fingerprint density at radius 2 is 1.90 bits per heavy atom. The monoisotopic (exact) mass is 415 g/mol. The zero-order valence-corrected chi connectivity index (χ0v) is 15.1. The van der Waals surface area contributed by atoms with E-state index in [1.54, 1.807) is 0 Å². The summed E-state index contributed by atoms with van der Waals surface area (Å²) >= 11 is 13.4. The fraction of sp³-hybridized carbons (Fsp3) is 0.250. The van der Waals surface area contributed by atoms with E-state index >= 15 is 0 Å². The molecule has 1 unspecified atom stereocenters. The Labute approximate surface area is 142 Å². The van der Waals surface area contributed by atoms with Crippen molar-refractivity contribution in [2.75, 3.05) is 13.6 Å². The molecule has 0 aliphatic rings. The van der Waals surface area contributed by atoms with E-state index in [1.807, 2.05) is 25.2 Å². The lowest BCUT2D eigenvalue weighted by atomic mass is 9.92. The summed E-state index contributed by atoms with van der Waals surface area (Å²) in [6, 6.07) is 14.4. The molecule has 1 atom stereocenters. The van der Waals surface area contributed by atoms with E-state index in [2.05, 4.69) is 61.4 Å². The van der Waals surface area contributed by atoms with Crippen LogP contribution >= 0.6 is 43.5 Å². The lowest BCUT2D eigenvalue weighted by Crippen LogP contribution is -2.19. The van der Waals surface area contributed by atoms with Crippen LogP contribution in [0.4, 0.5) is 0 Å². The molecule has 1 nitrogen and oxygen atoms in total. The lowest BCUT2D eigenvalue weighted by molar-refractivity contribution is 0.623. The fourth-order valence-corrected chi connectivity index (χ4v) is 3.66. The Kier molecular flexibility index (Phi) is 6.09. The second-order valence-corrected chi connectivity index (χ2v) is 6.89. The molecule has 2 aromatic rings. The van der Waals surface area contributed by atoms with E-state index < -0.39 is 0 Å². The van der Waals surface area contributed by atoms with Crippen molar-refractivity contribution in [3.8, 4) is 0 Å². The molecule has 0 aliphatic carbocycles. The molecule has 0 bridgehead atoms. The summed E-state index contributed by atoms with van der Waals surface area (Å²) in [4.78, 5) is 0. The standard InChI is InChI=1S/C16H16Br2ClN/c1-20-10-12(14-4-2-3-5-15(14)18)8-11-6-7-13(17)9-16(11)19/h2-7,9,12,20H,8,10H2,1H3. The van der Waals surface area contributed by atoms with E-state index in [4.69, 9.17) is 11.6 Å². The van der Waals surface area contributed by atoms with Gasteiger partial charge in [-0.3, -0.25) is 0 Å². The van der Waals surface area contributed by atoms with Crippen LogP contribution in [-0.4, -0.2) is 13.6 Å². The highest BCUT2D eigenvalue weighted by atomic mass is 79.9. The zero-order valence-electron chi connectivity index (χ0n) is 11.2. The third-order valence-corrected chi connectivity index (χ3v) is 4.84. The van der Waals surface area contributed by atoms with Gasteiger partial charge in [0.2, 0.25) is 0 Å². The van der Waals surface area contributed by atoms with Crippen molar-refractivity contribution in [3.05, 3.63) is 67.6 Å². The quantitative estimate of drug-likeness (QED) is 0.686. The lowest BCUT2D eigenvalue weighted by Gasteiger charge is -2.19. The Bertz CT molecular complexity index is 586. The predicted octanol–water partition coefficient (Wildman–Crippen LogP) is 5.41. The van der Waals surface area contributed by atoms with E-state index in [-0.39, 0.29) is 0 Å². The molecular formula is C16H16Br2ClN. The van der Waals surface area contributed by atoms with E-state index in [1.165, 1.54) is 11.1 Å². The van der Waals surface area contributed by atoms with Crippen molar-refractivity contribution in [1.29, 1.82) is 0 Å². The third kappa shape index (κ3) is 4.08. The van der Waals surface area contributed by atoms with E-state index in [0.29, 0.717) is 5.92 Å². The van der Waals surface area contributed by atoms with Gasteiger partial charge < -0.3 is 5.32 Å². The van der Waals surface area contributed by atoms with Gasteiger partial charge >= 0.3 is 0 Å². The van der Waals surface area contributed by atoms with Gasteiger partial charge in [0, 0.05) is 26.4 Å². The topological polar surface area (TPSA) is 12.0 Å². The summed E-state index contributed by atoms with van der Waals surface area (Å²) in [5.74, 6) is 0.384. The molecule has 0 spiro atoms. The van der Waals surface area contributed by atoms with Crippen molar-refractivity contribution in [3.63, 3.8) is 0 Å². The second kappa shape index (κ2) is 7.60. The molecule has 0 fully saturated rings. The maximum Gasteiger partial charge on any atom is 0.0449 e. The summed E-state index contributed by atoms with van der Waals surface area (Å²) in [7, 11) is 1.98. The molecule has 0 saturated heterocycles. The molecule has 2 aromatic carbocycles. The van der Waals surface area contributed by atoms with Gasteiger partial charge in [-0.05, 0) is 42.8 Å². The van der Waals surface area contributed by atoms with Crippen LogP contribution in [0.3, 0.4) is 0 Å². The van der Waals surface area contributed by atoms with Gasteiger partial charge in [-0.2, -0.15) is 0 Å². The minimum atomic E-state index is 0.384. The molecule has 2 rings (SSSR count). The largest absolute Gasteiger partial charge is 0.319 e. The summed E-state index contributed by atoms with van der Waals surface area (Å²) < 4.78 is 2.16. The molecule has 20 heavy (non-hydrogen) atoms. The molecule has 0 amide bonds. The van der Waals surface area contributed by atoms with Gasteiger partial charge in [-0.25, -0.2) is 0 Å². The molecule has 0 aromatic heterocycles. The maximum atomic E-state index is 6.34. The highest BCUT2D eigenvalue weighted by molar-refractivity contribution is 9.10. The van der Waals surface area contributed by atoms with Crippen LogP contribution in [0.1, 0.15) is 17.0 Å². The Balaban J connectivity index is 2.28. The molecule has 1 N–H and O–H groups in total. The second-order valence-electron chi connectivity index (χ2n) is 4.72. The van der Waals surface area contributed by atoms with Crippen LogP contribution < -0.4 is 5.32 Å². The minimum absolute atomic E-state index is 0.384. The molecule has 0 radical (unpaired) electrons. The number of likely N-dealkylation sites (N-methyl/N-ethyl adjacent to an activating group) is 1. The Morgan fingerprint density at radius 3 is 2.55 bits per heavy atom. The van der Waals surface area contributed by atoms with E-state index in [9.17, 15) is 0 Å². The molecule has 4 heteroatoms. The van der Waals surface area contributed by atoms with Gasteiger partial charge in [0.05, 0.1) is 0 Å². The summed E-state index contributed by atoms with van der Waals surface area (Å²) in [6.45, 7) is 0.912. The SMILES string of the molecule is CNCC(Cc1ccc(Br)cc1Cl)c1ccccc1Br. The number of benzene rings is 2. The van der Waals surface area contributed by atoms with Crippen molar-refractivity contribution < 1.29 is 0 Å². The normalized spacial score (nSPS) is 12.4. The van der Waals surface area contributed by atoms with Gasteiger partial charge in [-0.15, -0.1) is 0 Å². The van der Waals surface area contributed by atoms with Gasteiger partial charge in [0.25, 0.3) is 0 Å². The van der Waals surface area contributed by atoms with Crippen LogP contribution in [0.25, 0.3) is 0 Å². The van der Waals surface area contributed by atoms with Crippen LogP contribution in [0, 0.1) is 0 Å². The first-order valence-electron chi connectivity index (χ1n) is 6.44. The first-order chi connectivity index (χ1) is 9.61. The molecule has 106 valence electrons. The van der Waals surface area contributed by atoms with Crippen LogP contribution in [-0.2, 0) is 6.42 Å². The van der Waals surface area contributed by atoms with Gasteiger partial charge in [-0.1, -0.05) is 67.7 Å². The van der Waals surface area contributed by atoms with Crippen LogP contribution in [0.15, 0.2) is 51.4 Å². The Morgan fingerprint density at radius 1 is 1.15 bits per heavy atom. The highest BCUT2D eigenvalue weighted by Gasteiger charge is 2.16. The highest BCUT2D eigenvalue weighted by Crippen LogP contribution is 2.30. The number of halogens is 3. The van der Waals surface area contributed by atoms with E-state index in [0.717, 1.165) is 26.9 Å². The summed E-state index contributed by atoms with van der Waals surface area (Å²) in [5, 5.41) is 4.08. The average molecular weight is 418 g/mol. The zero-order chi connectivity index (χ0) is 14.5. The first kappa shape index (κ1) is 16.0. The van der Waals surface area contributed by atoms with Crippen LogP contribution in [0.5, 0.6) is 0 Å². The van der Waals surface area contributed by atoms with Crippen molar-refractivity contribution in [1.82, 2.24) is 5.32 Å². The summed E-state index contributed by atoms with van der Waals surface area (Å²) in [6.07, 6.45) is 0.912. The molecule has 0 aliphatic heterocycles. The maximum absolute atomic E-state index is 6.34. The van der Waals surface area contributed by atoms with Crippen molar-refractivity contribution >= 4 is 43.5 Å². The minimum Gasteiger partial charge on any atom is -0.319 e. The molecular weight excluding hydrogens is 401 g/mol. The predicted molar refractivity (Wildman–Crippen MR) is 93.7 cm³/mol. The third-order valence-electron chi connectivity index (χ3n) is 3.28. The van der Waals surface area contributed by atoms with Gasteiger partial charge in [0.15, 0.2) is 0 Å².